The van der Waals surface area contributed by atoms with Crippen LogP contribution in [0, 0.1) is 0 Å². The van der Waals surface area contributed by atoms with Crippen LogP contribution in [0.5, 0.6) is 0 Å². The molecule has 1 fully saturated rings. The molecule has 1 heterocycles. The molecule has 1 saturated heterocycles. The van der Waals surface area contributed by atoms with E-state index < -0.39 is 0 Å². The summed E-state index contributed by atoms with van der Waals surface area (Å²) in [6.07, 6.45) is 7.26. The molecule has 0 saturated carbocycles. The minimum absolute atomic E-state index is 0. The summed E-state index contributed by atoms with van der Waals surface area (Å²) in [4.78, 5) is 0. The van der Waals surface area contributed by atoms with E-state index in [0.29, 0.717) is 0 Å². The smallest absolute Gasteiger partial charge is 0.0788 e. The molecular formula is C17H38I2N2. The van der Waals surface area contributed by atoms with Crippen LogP contribution in [0.25, 0.3) is 0 Å². The summed E-state index contributed by atoms with van der Waals surface area (Å²) in [5.74, 6) is 0. The molecule has 0 aromatic heterocycles. The minimum atomic E-state index is 0. The fourth-order valence-electron chi connectivity index (χ4n) is 3.92. The molecule has 0 aliphatic carbocycles. The number of likely N-dealkylation sites (tertiary alicyclic amines) is 1. The Hall–Kier alpha value is 1.38. The molecule has 21 heavy (non-hydrogen) atoms. The summed E-state index contributed by atoms with van der Waals surface area (Å²) in [6, 6.07) is 0. The van der Waals surface area contributed by atoms with Crippen molar-refractivity contribution in [3.63, 3.8) is 0 Å². The lowest BCUT2D eigenvalue weighted by Gasteiger charge is -2.36. The van der Waals surface area contributed by atoms with E-state index in [1.165, 1.54) is 93.4 Å². The van der Waals surface area contributed by atoms with E-state index in [1.807, 2.05) is 0 Å². The van der Waals surface area contributed by atoms with Crippen LogP contribution >= 0.6 is 0 Å². The van der Waals surface area contributed by atoms with E-state index in [4.69, 9.17) is 0 Å². The van der Waals surface area contributed by atoms with Gasteiger partial charge in [-0.1, -0.05) is 0 Å². The van der Waals surface area contributed by atoms with Crippen LogP contribution in [-0.2, 0) is 0 Å². The van der Waals surface area contributed by atoms with E-state index in [0.717, 1.165) is 0 Å². The van der Waals surface area contributed by atoms with Gasteiger partial charge in [0.2, 0.25) is 0 Å². The predicted molar refractivity (Wildman–Crippen MR) is 85.2 cm³/mol. The Morgan fingerprint density at radius 2 is 1.29 bits per heavy atom. The van der Waals surface area contributed by atoms with Crippen LogP contribution in [0.1, 0.15) is 59.8 Å². The van der Waals surface area contributed by atoms with Gasteiger partial charge in [-0.2, -0.15) is 0 Å². The van der Waals surface area contributed by atoms with Crippen LogP contribution < -0.4 is 48.0 Å². The van der Waals surface area contributed by atoms with Gasteiger partial charge in [0.25, 0.3) is 0 Å². The lowest BCUT2D eigenvalue weighted by atomic mass is 10.1. The molecule has 0 aromatic carbocycles. The molecule has 0 unspecified atom stereocenters. The zero-order valence-corrected chi connectivity index (χ0v) is 19.2. The highest BCUT2D eigenvalue weighted by Gasteiger charge is 2.29. The first-order valence-electron chi connectivity index (χ1n) is 8.86. The molecule has 0 bridgehead atoms. The number of hydrogen-bond donors (Lipinski definition) is 0. The third-order valence-corrected chi connectivity index (χ3v) is 5.96. The Morgan fingerprint density at radius 3 is 1.71 bits per heavy atom. The standard InChI is InChI=1S/C17H38N2.2HI/c1-5-18(6-2,7-3)14-10-9-11-15-19(8-4)16-12-13-17-19;;/h5-17H2,1-4H3;2*1H/q+2;;/p-2. The zero-order chi connectivity index (χ0) is 14.2. The highest BCUT2D eigenvalue weighted by Crippen LogP contribution is 2.20. The zero-order valence-electron chi connectivity index (χ0n) is 14.8. The summed E-state index contributed by atoms with van der Waals surface area (Å²) in [5, 5.41) is 0. The molecule has 1 aliphatic rings. The normalized spacial score (nSPS) is 17.1. The molecule has 4 heteroatoms. The van der Waals surface area contributed by atoms with Crippen LogP contribution in [0.15, 0.2) is 0 Å². The molecule has 2 nitrogen and oxygen atoms in total. The number of quaternary nitrogens is 2. The van der Waals surface area contributed by atoms with Crippen molar-refractivity contribution < 1.29 is 56.9 Å². The highest BCUT2D eigenvalue weighted by molar-refractivity contribution is 4.55. The molecule has 0 N–H and O–H groups in total. The van der Waals surface area contributed by atoms with Gasteiger partial charge in [0.1, 0.15) is 0 Å². The van der Waals surface area contributed by atoms with E-state index in [2.05, 4.69) is 27.7 Å². The van der Waals surface area contributed by atoms with E-state index in [9.17, 15) is 0 Å². The van der Waals surface area contributed by atoms with Crippen LogP contribution in [0.2, 0.25) is 0 Å². The quantitative estimate of drug-likeness (QED) is 0.171. The number of nitrogens with zero attached hydrogens (tertiary/aromatic N) is 2. The summed E-state index contributed by atoms with van der Waals surface area (Å²) >= 11 is 0. The Kier molecular flexibility index (Phi) is 15.0. The lowest BCUT2D eigenvalue weighted by molar-refractivity contribution is -0.923. The van der Waals surface area contributed by atoms with E-state index in [-0.39, 0.29) is 48.0 Å². The van der Waals surface area contributed by atoms with Crippen molar-refractivity contribution in [1.82, 2.24) is 0 Å². The third kappa shape index (κ3) is 7.66. The number of halogens is 2. The Balaban J connectivity index is 0. The van der Waals surface area contributed by atoms with Crippen molar-refractivity contribution in [3.05, 3.63) is 0 Å². The van der Waals surface area contributed by atoms with Crippen molar-refractivity contribution in [1.29, 1.82) is 0 Å². The topological polar surface area (TPSA) is 0 Å². The second-order valence-electron chi connectivity index (χ2n) is 6.61. The van der Waals surface area contributed by atoms with Crippen LogP contribution in [0.3, 0.4) is 0 Å². The Labute approximate surface area is 168 Å². The largest absolute Gasteiger partial charge is 1.00 e. The van der Waals surface area contributed by atoms with Crippen molar-refractivity contribution in [2.45, 2.75) is 59.8 Å². The number of hydrogen-bond acceptors (Lipinski definition) is 0. The van der Waals surface area contributed by atoms with E-state index >= 15 is 0 Å². The maximum absolute atomic E-state index is 2.39. The molecule has 0 radical (unpaired) electrons. The highest BCUT2D eigenvalue weighted by atomic mass is 127. The van der Waals surface area contributed by atoms with Gasteiger partial charge < -0.3 is 56.9 Å². The van der Waals surface area contributed by atoms with Crippen molar-refractivity contribution in [2.24, 2.45) is 0 Å². The van der Waals surface area contributed by atoms with Crippen LogP contribution in [0.4, 0.5) is 0 Å². The van der Waals surface area contributed by atoms with Gasteiger partial charge in [-0.05, 0) is 47.0 Å². The molecular weight excluding hydrogens is 486 g/mol. The molecule has 0 spiro atoms. The Bertz CT molecular complexity index is 218. The fourth-order valence-corrected chi connectivity index (χ4v) is 3.92. The van der Waals surface area contributed by atoms with Gasteiger partial charge in [-0.25, -0.2) is 0 Å². The van der Waals surface area contributed by atoms with Crippen LogP contribution in [-0.4, -0.2) is 61.3 Å². The summed E-state index contributed by atoms with van der Waals surface area (Å²) in [5.41, 5.74) is 0. The SMILES string of the molecule is CC[N+](CC)(CC)CCCCC[N+]1(CC)CCCC1.[I-].[I-]. The second-order valence-corrected chi connectivity index (χ2v) is 6.61. The monoisotopic (exact) mass is 524 g/mol. The third-order valence-electron chi connectivity index (χ3n) is 5.96. The Morgan fingerprint density at radius 1 is 0.762 bits per heavy atom. The van der Waals surface area contributed by atoms with E-state index in [1.54, 1.807) is 0 Å². The number of unbranched alkanes of at least 4 members (excludes halogenated alkanes) is 2. The lowest BCUT2D eigenvalue weighted by Crippen LogP contribution is -3.00. The first kappa shape index (κ1) is 24.6. The van der Waals surface area contributed by atoms with Gasteiger partial charge in [-0.15, -0.1) is 0 Å². The molecule has 0 aromatic rings. The van der Waals surface area contributed by atoms with Crippen molar-refractivity contribution >= 4 is 0 Å². The summed E-state index contributed by atoms with van der Waals surface area (Å²) in [6.45, 7) is 20.5. The molecule has 0 atom stereocenters. The first-order chi connectivity index (χ1) is 9.16. The molecule has 130 valence electrons. The summed E-state index contributed by atoms with van der Waals surface area (Å²) in [7, 11) is 0. The maximum atomic E-state index is 2.39. The first-order valence-corrected chi connectivity index (χ1v) is 8.86. The van der Waals surface area contributed by atoms with Gasteiger partial charge >= 0.3 is 0 Å². The van der Waals surface area contributed by atoms with Gasteiger partial charge in [0, 0.05) is 12.8 Å². The molecule has 0 amide bonds. The average molecular weight is 524 g/mol. The van der Waals surface area contributed by atoms with Crippen molar-refractivity contribution in [2.75, 3.05) is 52.4 Å². The minimum Gasteiger partial charge on any atom is -1.00 e. The summed E-state index contributed by atoms with van der Waals surface area (Å²) < 4.78 is 2.75. The second kappa shape index (κ2) is 12.8. The predicted octanol–water partition coefficient (Wildman–Crippen LogP) is -2.33. The van der Waals surface area contributed by atoms with Gasteiger partial charge in [0.15, 0.2) is 0 Å². The fraction of sp³-hybridized carbons (Fsp3) is 1.00. The molecule has 1 aliphatic heterocycles. The van der Waals surface area contributed by atoms with Gasteiger partial charge in [-0.3, -0.25) is 0 Å². The maximum Gasteiger partial charge on any atom is 0.0788 e. The molecule has 1 rings (SSSR count). The number of rotatable bonds is 10. The average Bonchev–Trinajstić information content (AvgIpc) is 2.93. The van der Waals surface area contributed by atoms with Crippen molar-refractivity contribution in [3.8, 4) is 0 Å². The van der Waals surface area contributed by atoms with Gasteiger partial charge in [0.05, 0.1) is 52.4 Å².